The van der Waals surface area contributed by atoms with E-state index in [9.17, 15) is 9.59 Å². The Bertz CT molecular complexity index is 1410. The van der Waals surface area contributed by atoms with Gasteiger partial charge in [0.2, 0.25) is 11.7 Å². The number of aryl methyl sites for hydroxylation is 1. The van der Waals surface area contributed by atoms with Crippen molar-refractivity contribution in [3.8, 4) is 11.4 Å². The highest BCUT2D eigenvalue weighted by atomic mass is 32.2. The third-order valence-corrected chi connectivity index (χ3v) is 6.33. The highest BCUT2D eigenvalue weighted by Crippen LogP contribution is 2.27. The molecule has 0 aliphatic carbocycles. The van der Waals surface area contributed by atoms with Gasteiger partial charge in [-0.3, -0.25) is 14.0 Å². The normalized spacial score (nSPS) is 11.5. The molecule has 9 nitrogen and oxygen atoms in total. The van der Waals surface area contributed by atoms with Crippen LogP contribution in [0, 0.1) is 6.92 Å². The summed E-state index contributed by atoms with van der Waals surface area (Å²) in [7, 11) is 1.57. The maximum Gasteiger partial charge on any atom is 0.267 e. The zero-order valence-corrected chi connectivity index (χ0v) is 21.1. The van der Waals surface area contributed by atoms with E-state index in [1.54, 1.807) is 13.2 Å². The van der Waals surface area contributed by atoms with Gasteiger partial charge < -0.3 is 14.8 Å². The molecule has 0 aliphatic heterocycles. The molecule has 10 heteroatoms. The summed E-state index contributed by atoms with van der Waals surface area (Å²) in [6.07, 6.45) is 0.923. The Balaban J connectivity index is 1.68. The molecule has 1 N–H and O–H groups in total. The molecule has 0 saturated carbocycles. The lowest BCUT2D eigenvalue weighted by molar-refractivity contribution is -0.118. The molecule has 0 saturated heterocycles. The number of hydrogen-bond acceptors (Lipinski definition) is 7. The fourth-order valence-corrected chi connectivity index (χ4v) is 4.53. The van der Waals surface area contributed by atoms with Gasteiger partial charge in [0.15, 0.2) is 5.16 Å². The molecule has 35 heavy (non-hydrogen) atoms. The van der Waals surface area contributed by atoms with Crippen LogP contribution in [-0.4, -0.2) is 57.2 Å². The topological polar surface area (TPSA) is 99.8 Å². The summed E-state index contributed by atoms with van der Waals surface area (Å²) in [6, 6.07) is 12.9. The van der Waals surface area contributed by atoms with Gasteiger partial charge in [0.25, 0.3) is 5.56 Å². The molecule has 0 atom stereocenters. The van der Waals surface area contributed by atoms with Gasteiger partial charge in [-0.15, -0.1) is 10.2 Å². The Labute approximate surface area is 207 Å². The van der Waals surface area contributed by atoms with E-state index in [0.29, 0.717) is 46.4 Å². The molecular weight excluding hydrogens is 466 g/mol. The second-order valence-electron chi connectivity index (χ2n) is 8.36. The predicted octanol–water partition coefficient (Wildman–Crippen LogP) is 3.37. The standard InChI is InChI=1S/C25H29N5O4S/c1-16(2)34-13-7-12-26-22(31)15-35-25-28-27-24-29(20-14-17(3)10-11-21(20)33-4)23(32)18-8-5-6-9-19(18)30(24)25/h5-6,8-11,14,16H,7,12-13,15H2,1-4H3,(H,26,31). The van der Waals surface area contributed by atoms with Crippen LogP contribution in [0.3, 0.4) is 0 Å². The molecule has 0 fully saturated rings. The van der Waals surface area contributed by atoms with E-state index in [1.807, 2.05) is 61.6 Å². The van der Waals surface area contributed by atoms with Crippen LogP contribution in [0.1, 0.15) is 25.8 Å². The van der Waals surface area contributed by atoms with Crippen molar-refractivity contribution in [1.29, 1.82) is 0 Å². The van der Waals surface area contributed by atoms with Crippen molar-refractivity contribution in [3.63, 3.8) is 0 Å². The van der Waals surface area contributed by atoms with Gasteiger partial charge in [-0.1, -0.05) is 30.0 Å². The monoisotopic (exact) mass is 495 g/mol. The lowest BCUT2D eigenvalue weighted by atomic mass is 10.2. The summed E-state index contributed by atoms with van der Waals surface area (Å²) in [4.78, 5) is 26.0. The fraction of sp³-hybridized carbons (Fsp3) is 0.360. The number of rotatable bonds is 10. The molecule has 2 aromatic carbocycles. The van der Waals surface area contributed by atoms with Crippen molar-refractivity contribution < 1.29 is 14.3 Å². The Morgan fingerprint density at radius 3 is 2.74 bits per heavy atom. The highest BCUT2D eigenvalue weighted by molar-refractivity contribution is 7.99. The number of methoxy groups -OCH3 is 1. The van der Waals surface area contributed by atoms with Gasteiger partial charge in [-0.05, 0) is 57.0 Å². The third-order valence-electron chi connectivity index (χ3n) is 5.40. The molecule has 184 valence electrons. The largest absolute Gasteiger partial charge is 0.495 e. The number of fused-ring (bicyclic) bond motifs is 3. The lowest BCUT2D eigenvalue weighted by Crippen LogP contribution is -2.27. The fourth-order valence-electron chi connectivity index (χ4n) is 3.76. The molecule has 2 aromatic heterocycles. The summed E-state index contributed by atoms with van der Waals surface area (Å²) in [6.45, 7) is 7.06. The van der Waals surface area contributed by atoms with Crippen molar-refractivity contribution >= 4 is 34.3 Å². The molecule has 0 spiro atoms. The van der Waals surface area contributed by atoms with Gasteiger partial charge in [0.1, 0.15) is 5.75 Å². The maximum absolute atomic E-state index is 13.6. The second kappa shape index (κ2) is 10.9. The molecule has 2 heterocycles. The van der Waals surface area contributed by atoms with E-state index in [-0.39, 0.29) is 23.3 Å². The van der Waals surface area contributed by atoms with E-state index in [2.05, 4.69) is 15.5 Å². The van der Waals surface area contributed by atoms with Crippen LogP contribution in [0.25, 0.3) is 22.4 Å². The van der Waals surface area contributed by atoms with Crippen LogP contribution in [0.4, 0.5) is 0 Å². The first-order valence-corrected chi connectivity index (χ1v) is 12.4. The van der Waals surface area contributed by atoms with Gasteiger partial charge in [-0.2, -0.15) is 0 Å². The number of ether oxygens (including phenoxy) is 2. The Kier molecular flexibility index (Phi) is 7.72. The third kappa shape index (κ3) is 5.33. The molecule has 0 bridgehead atoms. The number of carbonyl (C=O) groups excluding carboxylic acids is 1. The molecule has 1 amide bonds. The first-order chi connectivity index (χ1) is 16.9. The predicted molar refractivity (Wildman–Crippen MR) is 137 cm³/mol. The molecule has 0 aliphatic rings. The number of aromatic nitrogens is 4. The van der Waals surface area contributed by atoms with E-state index in [4.69, 9.17) is 9.47 Å². The molecule has 4 rings (SSSR count). The van der Waals surface area contributed by atoms with Crippen LogP contribution in [0.2, 0.25) is 0 Å². The Hall–Kier alpha value is -3.37. The van der Waals surface area contributed by atoms with Crippen molar-refractivity contribution in [2.75, 3.05) is 26.0 Å². The Morgan fingerprint density at radius 1 is 1.17 bits per heavy atom. The molecule has 0 radical (unpaired) electrons. The Morgan fingerprint density at radius 2 is 1.97 bits per heavy atom. The smallest absolute Gasteiger partial charge is 0.267 e. The number of nitrogens with zero attached hydrogens (tertiary/aromatic N) is 4. The van der Waals surface area contributed by atoms with Crippen LogP contribution in [0.5, 0.6) is 5.75 Å². The molecule has 0 unspecified atom stereocenters. The first-order valence-electron chi connectivity index (χ1n) is 11.5. The van der Waals surface area contributed by atoms with E-state index in [1.165, 1.54) is 16.3 Å². The van der Waals surface area contributed by atoms with Crippen LogP contribution in [0.15, 0.2) is 52.4 Å². The number of thioether (sulfide) groups is 1. The number of hydrogen-bond donors (Lipinski definition) is 1. The minimum atomic E-state index is -0.220. The lowest BCUT2D eigenvalue weighted by Gasteiger charge is -2.14. The van der Waals surface area contributed by atoms with E-state index >= 15 is 0 Å². The van der Waals surface area contributed by atoms with Crippen molar-refractivity contribution in [1.82, 2.24) is 24.5 Å². The average molecular weight is 496 g/mol. The van der Waals surface area contributed by atoms with E-state index in [0.717, 1.165) is 12.0 Å². The van der Waals surface area contributed by atoms with Gasteiger partial charge in [0, 0.05) is 13.2 Å². The number of para-hydroxylation sites is 1. The highest BCUT2D eigenvalue weighted by Gasteiger charge is 2.20. The van der Waals surface area contributed by atoms with Gasteiger partial charge in [-0.25, -0.2) is 4.57 Å². The average Bonchev–Trinajstić information content (AvgIpc) is 3.26. The number of amides is 1. The number of nitrogens with one attached hydrogen (secondary N) is 1. The quantitative estimate of drug-likeness (QED) is 0.266. The summed E-state index contributed by atoms with van der Waals surface area (Å²) < 4.78 is 14.4. The van der Waals surface area contributed by atoms with Crippen LogP contribution in [-0.2, 0) is 9.53 Å². The second-order valence-corrected chi connectivity index (χ2v) is 9.31. The minimum absolute atomic E-state index is 0.103. The molecular formula is C25H29N5O4S. The first kappa shape index (κ1) is 24.7. The zero-order valence-electron chi connectivity index (χ0n) is 20.3. The number of benzene rings is 2. The summed E-state index contributed by atoms with van der Waals surface area (Å²) in [5.74, 6) is 0.973. The molecule has 4 aromatic rings. The van der Waals surface area contributed by atoms with Crippen LogP contribution >= 0.6 is 11.8 Å². The van der Waals surface area contributed by atoms with Crippen molar-refractivity contribution in [2.45, 2.75) is 38.5 Å². The zero-order chi connectivity index (χ0) is 24.9. The van der Waals surface area contributed by atoms with E-state index < -0.39 is 0 Å². The van der Waals surface area contributed by atoms with Gasteiger partial charge in [0.05, 0.1) is 35.6 Å². The van der Waals surface area contributed by atoms with Gasteiger partial charge >= 0.3 is 0 Å². The van der Waals surface area contributed by atoms with Crippen LogP contribution < -0.4 is 15.6 Å². The SMILES string of the molecule is COc1ccc(C)cc1-n1c(=O)c2ccccc2n2c(SCC(=O)NCCCOC(C)C)nnc12. The summed E-state index contributed by atoms with van der Waals surface area (Å²) in [5.41, 5.74) is 2.01. The number of carbonyl (C=O) groups is 1. The maximum atomic E-state index is 13.6. The summed E-state index contributed by atoms with van der Waals surface area (Å²) >= 11 is 1.27. The van der Waals surface area contributed by atoms with Crippen molar-refractivity contribution in [2.24, 2.45) is 0 Å². The van der Waals surface area contributed by atoms with Crippen molar-refractivity contribution in [3.05, 3.63) is 58.4 Å². The minimum Gasteiger partial charge on any atom is -0.495 e. The summed E-state index contributed by atoms with van der Waals surface area (Å²) in [5, 5.41) is 12.6.